The van der Waals surface area contributed by atoms with Crippen LogP contribution in [0.3, 0.4) is 0 Å². The molecule has 0 bridgehead atoms. The van der Waals surface area contributed by atoms with E-state index in [0.29, 0.717) is 0 Å². The van der Waals surface area contributed by atoms with E-state index in [9.17, 15) is 0 Å². The van der Waals surface area contributed by atoms with E-state index in [0.717, 1.165) is 25.9 Å². The summed E-state index contributed by atoms with van der Waals surface area (Å²) in [4.78, 5) is 0. The molecule has 0 radical (unpaired) electrons. The Bertz CT molecular complexity index is 372. The summed E-state index contributed by atoms with van der Waals surface area (Å²) in [5.41, 5.74) is 7.62. The molecule has 1 aliphatic heterocycles. The first-order chi connectivity index (χ1) is 7.77. The van der Waals surface area contributed by atoms with Crippen molar-refractivity contribution in [1.29, 1.82) is 0 Å². The van der Waals surface area contributed by atoms with Crippen LogP contribution in [-0.2, 0) is 10.3 Å². The maximum Gasteiger partial charge on any atom is 0.0924 e. The predicted octanol–water partition coefficient (Wildman–Crippen LogP) is 2.57. The van der Waals surface area contributed by atoms with Crippen LogP contribution in [0.15, 0.2) is 30.3 Å². The van der Waals surface area contributed by atoms with Crippen LogP contribution in [0.2, 0.25) is 0 Å². The first-order valence-corrected chi connectivity index (χ1v) is 6.25. The summed E-state index contributed by atoms with van der Waals surface area (Å²) in [6, 6.07) is 10.5. The van der Waals surface area contributed by atoms with Crippen LogP contribution < -0.4 is 5.73 Å². The maximum atomic E-state index is 6.70. The van der Waals surface area contributed by atoms with Crippen LogP contribution in [0.1, 0.15) is 37.7 Å². The molecular weight excluding hydrogens is 198 g/mol. The van der Waals surface area contributed by atoms with Gasteiger partial charge in [0.1, 0.15) is 0 Å². The third-order valence-corrected chi connectivity index (χ3v) is 4.39. The lowest BCUT2D eigenvalue weighted by atomic mass is 9.63. The molecule has 1 aliphatic carbocycles. The van der Waals surface area contributed by atoms with Gasteiger partial charge in [-0.25, -0.2) is 0 Å². The lowest BCUT2D eigenvalue weighted by Crippen LogP contribution is -2.66. The van der Waals surface area contributed by atoms with E-state index in [-0.39, 0.29) is 11.1 Å². The zero-order chi connectivity index (χ0) is 11.1. The molecule has 1 spiro atoms. The Labute approximate surface area is 96.8 Å². The lowest BCUT2D eigenvalue weighted by molar-refractivity contribution is -0.209. The molecule has 16 heavy (non-hydrogen) atoms. The molecule has 2 atom stereocenters. The van der Waals surface area contributed by atoms with Crippen molar-refractivity contribution >= 4 is 0 Å². The summed E-state index contributed by atoms with van der Waals surface area (Å²) in [6.45, 7) is 0.881. The first kappa shape index (κ1) is 10.3. The largest absolute Gasteiger partial charge is 0.373 e. The van der Waals surface area contributed by atoms with Gasteiger partial charge in [0.25, 0.3) is 0 Å². The van der Waals surface area contributed by atoms with Crippen LogP contribution >= 0.6 is 0 Å². The minimum Gasteiger partial charge on any atom is -0.373 e. The first-order valence-electron chi connectivity index (χ1n) is 6.25. The molecular formula is C14H19NO. The van der Waals surface area contributed by atoms with E-state index < -0.39 is 0 Å². The van der Waals surface area contributed by atoms with E-state index in [4.69, 9.17) is 10.5 Å². The van der Waals surface area contributed by atoms with E-state index in [2.05, 4.69) is 24.3 Å². The second kappa shape index (κ2) is 3.57. The normalized spacial score (nSPS) is 38.3. The van der Waals surface area contributed by atoms with E-state index in [1.807, 2.05) is 6.07 Å². The summed E-state index contributed by atoms with van der Waals surface area (Å²) in [5.74, 6) is 0. The number of nitrogens with two attached hydrogens (primary N) is 1. The van der Waals surface area contributed by atoms with E-state index in [1.54, 1.807) is 0 Å². The summed E-state index contributed by atoms with van der Waals surface area (Å²) in [5, 5.41) is 0. The Morgan fingerprint density at radius 1 is 1.00 bits per heavy atom. The van der Waals surface area contributed by atoms with Crippen molar-refractivity contribution in [2.24, 2.45) is 5.73 Å². The molecule has 2 fully saturated rings. The van der Waals surface area contributed by atoms with E-state index in [1.165, 1.54) is 18.4 Å². The molecule has 86 valence electrons. The Balaban J connectivity index is 2.01. The summed E-state index contributed by atoms with van der Waals surface area (Å²) >= 11 is 0. The Hall–Kier alpha value is -0.860. The predicted molar refractivity (Wildman–Crippen MR) is 64.1 cm³/mol. The van der Waals surface area contributed by atoms with Gasteiger partial charge in [-0.15, -0.1) is 0 Å². The highest BCUT2D eigenvalue weighted by atomic mass is 16.5. The van der Waals surface area contributed by atoms with Crippen LogP contribution in [0.5, 0.6) is 0 Å². The fourth-order valence-electron chi connectivity index (χ4n) is 3.31. The van der Waals surface area contributed by atoms with Gasteiger partial charge in [0, 0.05) is 6.42 Å². The molecule has 2 aliphatic rings. The summed E-state index contributed by atoms with van der Waals surface area (Å²) < 4.78 is 5.90. The average Bonchev–Trinajstić information content (AvgIpc) is 2.29. The average molecular weight is 217 g/mol. The number of hydrogen-bond donors (Lipinski definition) is 1. The Morgan fingerprint density at radius 2 is 1.69 bits per heavy atom. The van der Waals surface area contributed by atoms with Gasteiger partial charge in [0.05, 0.1) is 17.7 Å². The molecule has 1 saturated carbocycles. The van der Waals surface area contributed by atoms with Gasteiger partial charge in [-0.1, -0.05) is 43.2 Å². The number of benzene rings is 1. The topological polar surface area (TPSA) is 35.2 Å². The second-order valence-electron chi connectivity index (χ2n) is 5.14. The molecule has 2 nitrogen and oxygen atoms in total. The minimum atomic E-state index is -0.259. The molecule has 0 aromatic heterocycles. The molecule has 2 N–H and O–H groups in total. The molecule has 2 heteroatoms. The van der Waals surface area contributed by atoms with Gasteiger partial charge in [-0.2, -0.15) is 0 Å². The molecule has 1 saturated heterocycles. The Morgan fingerprint density at radius 3 is 2.31 bits per heavy atom. The van der Waals surface area contributed by atoms with Crippen molar-refractivity contribution in [2.45, 2.75) is 43.2 Å². The van der Waals surface area contributed by atoms with Gasteiger partial charge >= 0.3 is 0 Å². The van der Waals surface area contributed by atoms with Crippen LogP contribution in [-0.4, -0.2) is 12.2 Å². The third-order valence-electron chi connectivity index (χ3n) is 4.39. The van der Waals surface area contributed by atoms with Crippen molar-refractivity contribution in [3.63, 3.8) is 0 Å². The van der Waals surface area contributed by atoms with Crippen LogP contribution in [0.25, 0.3) is 0 Å². The van der Waals surface area contributed by atoms with Gasteiger partial charge < -0.3 is 10.5 Å². The van der Waals surface area contributed by atoms with E-state index >= 15 is 0 Å². The molecule has 1 aromatic carbocycles. The maximum absolute atomic E-state index is 6.70. The van der Waals surface area contributed by atoms with Gasteiger partial charge in [-0.05, 0) is 18.4 Å². The van der Waals surface area contributed by atoms with Crippen molar-refractivity contribution < 1.29 is 4.74 Å². The quantitative estimate of drug-likeness (QED) is 0.784. The monoisotopic (exact) mass is 217 g/mol. The van der Waals surface area contributed by atoms with Crippen LogP contribution in [0.4, 0.5) is 0 Å². The van der Waals surface area contributed by atoms with Gasteiger partial charge in [-0.3, -0.25) is 0 Å². The van der Waals surface area contributed by atoms with Crippen molar-refractivity contribution in [3.8, 4) is 0 Å². The van der Waals surface area contributed by atoms with Crippen LogP contribution in [0, 0.1) is 0 Å². The third kappa shape index (κ3) is 1.26. The standard InChI is InChI=1S/C14H19NO/c15-14(12-6-2-1-3-7-12)9-5-4-8-13(14)10-11-16-13/h1-3,6-7H,4-5,8-11,15H2/t13?,14-/m0/s1. The highest BCUT2D eigenvalue weighted by Gasteiger charge is 2.55. The lowest BCUT2D eigenvalue weighted by Gasteiger charge is -2.56. The molecule has 1 aromatic rings. The highest BCUT2D eigenvalue weighted by Crippen LogP contribution is 2.50. The van der Waals surface area contributed by atoms with Gasteiger partial charge in [0.15, 0.2) is 0 Å². The number of hydrogen-bond acceptors (Lipinski definition) is 2. The highest BCUT2D eigenvalue weighted by molar-refractivity contribution is 5.30. The minimum absolute atomic E-state index is 0.0629. The SMILES string of the molecule is N[C@]1(c2ccccc2)CCCCC12CCO2. The molecule has 3 rings (SSSR count). The van der Waals surface area contributed by atoms with Crippen molar-refractivity contribution in [1.82, 2.24) is 0 Å². The second-order valence-corrected chi connectivity index (χ2v) is 5.14. The Kier molecular flexibility index (Phi) is 2.30. The number of ether oxygens (including phenoxy) is 1. The molecule has 1 heterocycles. The smallest absolute Gasteiger partial charge is 0.0924 e. The van der Waals surface area contributed by atoms with Crippen molar-refractivity contribution in [2.75, 3.05) is 6.61 Å². The van der Waals surface area contributed by atoms with Crippen molar-refractivity contribution in [3.05, 3.63) is 35.9 Å². The zero-order valence-electron chi connectivity index (χ0n) is 9.61. The summed E-state index contributed by atoms with van der Waals surface area (Å²) in [6.07, 6.45) is 5.77. The molecule has 0 amide bonds. The zero-order valence-corrected chi connectivity index (χ0v) is 9.61. The fraction of sp³-hybridized carbons (Fsp3) is 0.571. The molecule has 1 unspecified atom stereocenters. The fourth-order valence-corrected chi connectivity index (χ4v) is 3.31. The van der Waals surface area contributed by atoms with Gasteiger partial charge in [0.2, 0.25) is 0 Å². The summed E-state index contributed by atoms with van der Waals surface area (Å²) in [7, 11) is 0. The number of rotatable bonds is 1.